The van der Waals surface area contributed by atoms with Crippen molar-refractivity contribution in [2.75, 3.05) is 13.1 Å². The van der Waals surface area contributed by atoms with E-state index in [0.717, 1.165) is 29.6 Å². The zero-order chi connectivity index (χ0) is 15.0. The highest BCUT2D eigenvalue weighted by Gasteiger charge is 2.30. The van der Waals surface area contributed by atoms with Gasteiger partial charge < -0.3 is 9.64 Å². The second-order valence-corrected chi connectivity index (χ2v) is 6.49. The lowest BCUT2D eigenvalue weighted by atomic mass is 10.00. The summed E-state index contributed by atoms with van der Waals surface area (Å²) < 4.78 is 5.42. The minimum atomic E-state index is -0.452. The molecule has 1 aliphatic rings. The number of nitrogens with one attached hydrogen (secondary N) is 1. The number of H-pyrrole nitrogens is 1. The van der Waals surface area contributed by atoms with Gasteiger partial charge in [0.25, 0.3) is 0 Å². The minimum absolute atomic E-state index is 0.234. The Morgan fingerprint density at radius 3 is 3.00 bits per heavy atom. The van der Waals surface area contributed by atoms with Crippen molar-refractivity contribution in [2.45, 2.75) is 38.7 Å². The smallest absolute Gasteiger partial charge is 0.410 e. The lowest BCUT2D eigenvalue weighted by Gasteiger charge is -2.24. The minimum Gasteiger partial charge on any atom is -0.444 e. The summed E-state index contributed by atoms with van der Waals surface area (Å²) in [6.45, 7) is 7.06. The zero-order valence-corrected chi connectivity index (χ0v) is 12.6. The predicted octanol–water partition coefficient (Wildman–Crippen LogP) is 2.68. The molecule has 1 fully saturated rings. The summed E-state index contributed by atoms with van der Waals surface area (Å²) in [4.78, 5) is 18.2. The fourth-order valence-corrected chi connectivity index (χ4v) is 2.60. The number of nitrogens with zero attached hydrogens (tertiary/aromatic N) is 3. The van der Waals surface area contributed by atoms with Crippen molar-refractivity contribution in [3.8, 4) is 0 Å². The van der Waals surface area contributed by atoms with Crippen molar-refractivity contribution < 1.29 is 9.53 Å². The van der Waals surface area contributed by atoms with Crippen LogP contribution in [0.25, 0.3) is 11.0 Å². The number of rotatable bonds is 1. The average Bonchev–Trinajstić information content (AvgIpc) is 3.05. The molecule has 0 bridgehead atoms. The molecule has 0 radical (unpaired) electrons. The molecule has 0 saturated carbocycles. The Morgan fingerprint density at radius 1 is 1.43 bits per heavy atom. The van der Waals surface area contributed by atoms with Crippen LogP contribution in [0.15, 0.2) is 18.5 Å². The summed E-state index contributed by atoms with van der Waals surface area (Å²) in [5.74, 6) is 0.310. The summed E-state index contributed by atoms with van der Waals surface area (Å²) >= 11 is 0. The molecule has 6 heteroatoms. The number of pyridine rings is 1. The van der Waals surface area contributed by atoms with E-state index in [2.05, 4.69) is 21.2 Å². The van der Waals surface area contributed by atoms with Gasteiger partial charge in [0.05, 0.1) is 6.20 Å². The summed E-state index contributed by atoms with van der Waals surface area (Å²) in [5.41, 5.74) is 1.49. The fraction of sp³-hybridized carbons (Fsp3) is 0.533. The Bertz CT molecular complexity index is 659. The summed E-state index contributed by atoms with van der Waals surface area (Å²) in [6, 6.07) is 2.09. The van der Waals surface area contributed by atoms with Crippen LogP contribution in [-0.2, 0) is 4.74 Å². The third kappa shape index (κ3) is 2.99. The van der Waals surface area contributed by atoms with E-state index in [0.29, 0.717) is 12.5 Å². The molecule has 1 saturated heterocycles. The lowest BCUT2D eigenvalue weighted by Crippen LogP contribution is -2.35. The summed E-state index contributed by atoms with van der Waals surface area (Å²) in [6.07, 6.45) is 4.34. The van der Waals surface area contributed by atoms with Gasteiger partial charge in [-0.3, -0.25) is 5.10 Å². The molecule has 21 heavy (non-hydrogen) atoms. The van der Waals surface area contributed by atoms with Crippen LogP contribution >= 0.6 is 0 Å². The van der Waals surface area contributed by atoms with Gasteiger partial charge in [0, 0.05) is 30.6 Å². The molecule has 3 heterocycles. The van der Waals surface area contributed by atoms with Crippen molar-refractivity contribution in [1.82, 2.24) is 20.1 Å². The molecule has 1 aliphatic heterocycles. The van der Waals surface area contributed by atoms with E-state index in [1.807, 2.05) is 27.0 Å². The Labute approximate surface area is 123 Å². The van der Waals surface area contributed by atoms with E-state index in [9.17, 15) is 4.79 Å². The molecule has 0 aliphatic carbocycles. The Morgan fingerprint density at radius 2 is 2.24 bits per heavy atom. The quantitative estimate of drug-likeness (QED) is 0.875. The molecule has 0 aromatic carbocycles. The van der Waals surface area contributed by atoms with E-state index in [4.69, 9.17) is 4.74 Å². The number of hydrogen-bond donors (Lipinski definition) is 1. The van der Waals surface area contributed by atoms with Gasteiger partial charge in [0.2, 0.25) is 0 Å². The first kappa shape index (κ1) is 13.9. The number of aromatic nitrogens is 3. The highest BCUT2D eigenvalue weighted by atomic mass is 16.6. The maximum atomic E-state index is 12.1. The van der Waals surface area contributed by atoms with Crippen LogP contribution in [0.5, 0.6) is 0 Å². The summed E-state index contributed by atoms with van der Waals surface area (Å²) in [7, 11) is 0. The molecule has 1 N–H and O–H groups in total. The molecular formula is C15H20N4O2. The molecule has 6 nitrogen and oxygen atoms in total. The molecule has 3 rings (SSSR count). The second-order valence-electron chi connectivity index (χ2n) is 6.49. The standard InChI is InChI=1S/C15H20N4O2/c1-15(2,3)21-14(20)19-5-4-10(9-19)11-6-12-8-17-18-13(12)16-7-11/h6-8,10H,4-5,9H2,1-3H3,(H,16,17,18). The second kappa shape index (κ2) is 5.02. The van der Waals surface area contributed by atoms with E-state index >= 15 is 0 Å². The maximum absolute atomic E-state index is 12.1. The van der Waals surface area contributed by atoms with E-state index < -0.39 is 5.60 Å². The zero-order valence-electron chi connectivity index (χ0n) is 12.6. The van der Waals surface area contributed by atoms with Crippen LogP contribution in [0.1, 0.15) is 38.7 Å². The van der Waals surface area contributed by atoms with Gasteiger partial charge in [0.15, 0.2) is 5.65 Å². The topological polar surface area (TPSA) is 71.1 Å². The number of carbonyl (C=O) groups excluding carboxylic acids is 1. The number of ether oxygens (including phenoxy) is 1. The van der Waals surface area contributed by atoms with Crippen LogP contribution in [-0.4, -0.2) is 44.9 Å². The lowest BCUT2D eigenvalue weighted by molar-refractivity contribution is 0.0292. The number of fused-ring (bicyclic) bond motifs is 1. The molecular weight excluding hydrogens is 268 g/mol. The molecule has 1 atom stereocenters. The normalized spacial score (nSPS) is 19.2. The highest BCUT2D eigenvalue weighted by molar-refractivity contribution is 5.74. The van der Waals surface area contributed by atoms with Gasteiger partial charge in [-0.2, -0.15) is 5.10 Å². The number of carbonyl (C=O) groups is 1. The predicted molar refractivity (Wildman–Crippen MR) is 79.1 cm³/mol. The fourth-order valence-electron chi connectivity index (χ4n) is 2.60. The maximum Gasteiger partial charge on any atom is 0.410 e. The Kier molecular flexibility index (Phi) is 3.31. The SMILES string of the molecule is CC(C)(C)OC(=O)N1CCC(c2cnc3[nH]ncc3c2)C1. The number of amides is 1. The first-order valence-corrected chi connectivity index (χ1v) is 7.19. The van der Waals surface area contributed by atoms with Crippen LogP contribution in [0.3, 0.4) is 0 Å². The Hall–Kier alpha value is -2.11. The molecule has 1 amide bonds. The van der Waals surface area contributed by atoms with Gasteiger partial charge in [0.1, 0.15) is 5.60 Å². The van der Waals surface area contributed by atoms with E-state index in [-0.39, 0.29) is 6.09 Å². The van der Waals surface area contributed by atoms with Crippen molar-refractivity contribution in [2.24, 2.45) is 0 Å². The third-order valence-electron chi connectivity index (χ3n) is 3.62. The van der Waals surface area contributed by atoms with Gasteiger partial charge >= 0.3 is 6.09 Å². The van der Waals surface area contributed by atoms with Gasteiger partial charge in [-0.1, -0.05) is 0 Å². The summed E-state index contributed by atoms with van der Waals surface area (Å²) in [5, 5.41) is 7.83. The molecule has 0 spiro atoms. The number of aromatic amines is 1. The van der Waals surface area contributed by atoms with Gasteiger partial charge in [-0.05, 0) is 38.8 Å². The van der Waals surface area contributed by atoms with E-state index in [1.165, 1.54) is 0 Å². The monoisotopic (exact) mass is 288 g/mol. The third-order valence-corrected chi connectivity index (χ3v) is 3.62. The molecule has 1 unspecified atom stereocenters. The van der Waals surface area contributed by atoms with Gasteiger partial charge in [-0.25, -0.2) is 9.78 Å². The van der Waals surface area contributed by atoms with E-state index in [1.54, 1.807) is 11.1 Å². The Balaban J connectivity index is 1.70. The average molecular weight is 288 g/mol. The number of hydrogen-bond acceptors (Lipinski definition) is 4. The van der Waals surface area contributed by atoms with Crippen molar-refractivity contribution >= 4 is 17.1 Å². The van der Waals surface area contributed by atoms with Crippen LogP contribution in [0, 0.1) is 0 Å². The largest absolute Gasteiger partial charge is 0.444 e. The van der Waals surface area contributed by atoms with Crippen LogP contribution in [0.2, 0.25) is 0 Å². The highest BCUT2D eigenvalue weighted by Crippen LogP contribution is 2.29. The first-order valence-electron chi connectivity index (χ1n) is 7.19. The van der Waals surface area contributed by atoms with Crippen molar-refractivity contribution in [3.05, 3.63) is 24.0 Å². The van der Waals surface area contributed by atoms with Gasteiger partial charge in [-0.15, -0.1) is 0 Å². The molecule has 2 aromatic heterocycles. The van der Waals surface area contributed by atoms with Crippen molar-refractivity contribution in [1.29, 1.82) is 0 Å². The number of likely N-dealkylation sites (tertiary alicyclic amines) is 1. The van der Waals surface area contributed by atoms with Crippen molar-refractivity contribution in [3.63, 3.8) is 0 Å². The van der Waals surface area contributed by atoms with Crippen LogP contribution < -0.4 is 0 Å². The van der Waals surface area contributed by atoms with Crippen LogP contribution in [0.4, 0.5) is 4.79 Å². The first-order chi connectivity index (χ1) is 9.92. The molecule has 2 aromatic rings. The molecule has 112 valence electrons.